The van der Waals surface area contributed by atoms with Crippen molar-refractivity contribution >= 4 is 76.9 Å². The molecule has 3 aromatic carbocycles. The predicted molar refractivity (Wildman–Crippen MR) is 277 cm³/mol. The van der Waals surface area contributed by atoms with E-state index in [0.29, 0.717) is 43.8 Å². The SMILES string of the molecule is CN(C)S(=O)(=O)c1ccc2c(c1)C(C)(C)C(/C=C/C1=C(Sc3ccccc3)C(=C\C=C3/N(CCCCCC(=O)ON4C(=O)CCC4=O)c4ccc(S(=O)(=O)O)cc4C3(C)C)/CCC1)=[N+]2CCCCS(=O)(=O)O. The number of benzene rings is 3. The van der Waals surface area contributed by atoms with Crippen LogP contribution in [0, 0.1) is 0 Å². The zero-order valence-electron chi connectivity index (χ0n) is 41.5. The maximum Gasteiger partial charge on any atom is 0.333 e. The standard InChI is InChI=1S/C52H62N4O12S4/c1-51(2)41-34-39(71(63,64)53(5)6)23-25-43(41)55(32-13-14-33-70(60,61)62)45(51)27-21-36-16-15-17-37(50(36)69-38-18-9-7-10-19-38)22-28-46-52(3,4)42-35-40(72(65,66)67)24-26-44(42)54(46)31-12-8-11-20-49(59)68-56-47(57)29-30-48(56)58/h7,9-10,18-19,21-28,34-35H,8,11-17,20,29-33H2,1-6H3,(H-,60,61,62,65,66,67)/p+1. The molecule has 1 fully saturated rings. The average molecular weight is 1060 g/mol. The van der Waals surface area contributed by atoms with Gasteiger partial charge in [-0.3, -0.25) is 18.7 Å². The molecular weight excluding hydrogens is 1000 g/mol. The van der Waals surface area contributed by atoms with Crippen molar-refractivity contribution in [2.45, 2.75) is 124 Å². The number of anilines is 1. The first kappa shape index (κ1) is 54.6. The molecule has 4 aliphatic rings. The van der Waals surface area contributed by atoms with Gasteiger partial charge in [-0.25, -0.2) is 17.5 Å². The third-order valence-electron chi connectivity index (χ3n) is 13.6. The predicted octanol–water partition coefficient (Wildman–Crippen LogP) is 8.79. The number of fused-ring (bicyclic) bond motifs is 2. The second kappa shape index (κ2) is 21.7. The Balaban J connectivity index is 1.24. The number of hydrogen-bond donors (Lipinski definition) is 2. The van der Waals surface area contributed by atoms with Crippen LogP contribution in [0.3, 0.4) is 0 Å². The molecule has 0 spiro atoms. The number of unbranched alkanes of at least 4 members (excludes halogenated alkanes) is 3. The molecule has 3 aromatic rings. The minimum absolute atomic E-state index is 0.0106. The van der Waals surface area contributed by atoms with Crippen molar-refractivity contribution in [3.8, 4) is 0 Å². The first-order chi connectivity index (χ1) is 33.8. The van der Waals surface area contributed by atoms with E-state index in [4.69, 9.17) is 4.84 Å². The molecule has 3 heterocycles. The number of rotatable bonds is 20. The van der Waals surface area contributed by atoms with Gasteiger partial charge in [-0.05, 0) is 118 Å². The number of carbonyl (C=O) groups is 3. The lowest BCUT2D eigenvalue weighted by Gasteiger charge is -2.27. The topological polar surface area (TPSA) is 216 Å². The van der Waals surface area contributed by atoms with Crippen LogP contribution in [0.2, 0.25) is 0 Å². The Hall–Kier alpha value is -5.22. The molecule has 0 atom stereocenters. The normalized spacial score (nSPS) is 19.2. The van der Waals surface area contributed by atoms with E-state index in [1.165, 1.54) is 30.5 Å². The summed E-state index contributed by atoms with van der Waals surface area (Å²) in [6.45, 7) is 9.05. The second-order valence-electron chi connectivity index (χ2n) is 19.6. The zero-order chi connectivity index (χ0) is 52.4. The van der Waals surface area contributed by atoms with E-state index < -0.39 is 58.9 Å². The van der Waals surface area contributed by atoms with Crippen molar-refractivity contribution in [1.82, 2.24) is 9.37 Å². The smallest absolute Gasteiger partial charge is 0.333 e. The van der Waals surface area contributed by atoms with Gasteiger partial charge in [-0.2, -0.15) is 21.4 Å². The first-order valence-corrected chi connectivity index (χ1v) is 29.3. The summed E-state index contributed by atoms with van der Waals surface area (Å²) in [6, 6.07) is 19.8. The number of hydroxylamine groups is 2. The summed E-state index contributed by atoms with van der Waals surface area (Å²) >= 11 is 1.65. The molecule has 7 rings (SSSR count). The summed E-state index contributed by atoms with van der Waals surface area (Å²) in [6.07, 6.45) is 13.2. The van der Waals surface area contributed by atoms with Crippen molar-refractivity contribution in [2.24, 2.45) is 0 Å². The number of thioether (sulfide) groups is 1. The number of sulfonamides is 1. The molecule has 16 nitrogen and oxygen atoms in total. The second-order valence-corrected chi connectivity index (χ2v) is 25.8. The fraction of sp³-hybridized carbons (Fsp3) is 0.423. The maximum absolute atomic E-state index is 13.3. The number of allylic oxidation sites excluding steroid dienone is 7. The van der Waals surface area contributed by atoms with Crippen LogP contribution < -0.4 is 4.90 Å². The van der Waals surface area contributed by atoms with E-state index in [2.05, 4.69) is 45.9 Å². The van der Waals surface area contributed by atoms with Gasteiger partial charge in [-0.1, -0.05) is 62.4 Å². The molecule has 0 saturated carbocycles. The molecule has 3 aliphatic heterocycles. The largest absolute Gasteiger partial charge is 0.344 e. The molecule has 0 bridgehead atoms. The monoisotopic (exact) mass is 1060 g/mol. The highest BCUT2D eigenvalue weighted by molar-refractivity contribution is 8.03. The van der Waals surface area contributed by atoms with Crippen LogP contribution in [0.15, 0.2) is 127 Å². The van der Waals surface area contributed by atoms with E-state index in [9.17, 15) is 48.7 Å². The number of hydrogen-bond acceptors (Lipinski definition) is 12. The summed E-state index contributed by atoms with van der Waals surface area (Å²) in [4.78, 5) is 45.7. The molecular formula is C52H63N4O12S4+. The van der Waals surface area contributed by atoms with Crippen molar-refractivity contribution < 1.29 is 58.2 Å². The van der Waals surface area contributed by atoms with Gasteiger partial charge in [0.2, 0.25) is 15.7 Å². The summed E-state index contributed by atoms with van der Waals surface area (Å²) in [5, 5.41) is 0.548. The van der Waals surface area contributed by atoms with Crippen LogP contribution in [0.4, 0.5) is 11.4 Å². The quantitative estimate of drug-likeness (QED) is 0.0468. The Morgan fingerprint density at radius 3 is 2.12 bits per heavy atom. The molecule has 1 saturated heterocycles. The highest BCUT2D eigenvalue weighted by Crippen LogP contribution is 2.50. The fourth-order valence-corrected chi connectivity index (χ4v) is 12.9. The van der Waals surface area contributed by atoms with E-state index >= 15 is 0 Å². The van der Waals surface area contributed by atoms with Crippen LogP contribution in [0.25, 0.3) is 0 Å². The maximum atomic E-state index is 13.3. The Bertz CT molecular complexity index is 3140. The Labute approximate surface area is 427 Å². The lowest BCUT2D eigenvalue weighted by molar-refractivity contribution is -0.438. The van der Waals surface area contributed by atoms with E-state index in [1.807, 2.05) is 45.9 Å². The lowest BCUT2D eigenvalue weighted by Crippen LogP contribution is -2.32. The fourth-order valence-electron chi connectivity index (χ4n) is 9.72. The highest BCUT2D eigenvalue weighted by Gasteiger charge is 2.45. The van der Waals surface area contributed by atoms with Gasteiger partial charge in [0.15, 0.2) is 5.71 Å². The van der Waals surface area contributed by atoms with Gasteiger partial charge in [-0.15, -0.1) is 5.06 Å². The molecule has 1 aliphatic carbocycles. The lowest BCUT2D eigenvalue weighted by atomic mass is 9.81. The van der Waals surface area contributed by atoms with Gasteiger partial charge < -0.3 is 9.74 Å². The number of imide groups is 1. The van der Waals surface area contributed by atoms with Gasteiger partial charge in [0.1, 0.15) is 6.54 Å². The van der Waals surface area contributed by atoms with Crippen molar-refractivity contribution in [3.05, 3.63) is 124 Å². The molecule has 2 N–H and O–H groups in total. The molecule has 0 radical (unpaired) electrons. The van der Waals surface area contributed by atoms with Gasteiger partial charge in [0.25, 0.3) is 32.1 Å². The molecule has 20 heteroatoms. The number of nitrogens with zero attached hydrogens (tertiary/aromatic N) is 4. The van der Waals surface area contributed by atoms with E-state index in [0.717, 1.165) is 74.1 Å². The van der Waals surface area contributed by atoms with Crippen LogP contribution >= 0.6 is 11.8 Å². The van der Waals surface area contributed by atoms with E-state index in [1.54, 1.807) is 36.0 Å². The average Bonchev–Trinajstić information content (AvgIpc) is 3.83. The van der Waals surface area contributed by atoms with Crippen LogP contribution in [-0.4, -0.2) is 105 Å². The van der Waals surface area contributed by atoms with E-state index in [-0.39, 0.29) is 41.2 Å². The minimum Gasteiger partial charge on any atom is -0.344 e. The van der Waals surface area contributed by atoms with Crippen molar-refractivity contribution in [2.75, 3.05) is 37.8 Å². The van der Waals surface area contributed by atoms with Gasteiger partial charge in [0.05, 0.1) is 21.0 Å². The Kier molecular flexibility index (Phi) is 16.4. The van der Waals surface area contributed by atoms with Gasteiger partial charge >= 0.3 is 5.97 Å². The number of carbonyl (C=O) groups excluding carboxylic acids is 3. The molecule has 2 amide bonds. The third kappa shape index (κ3) is 12.1. The molecule has 386 valence electrons. The molecule has 0 aromatic heterocycles. The van der Waals surface area contributed by atoms with Gasteiger partial charge in [0, 0.05) is 90.6 Å². The summed E-state index contributed by atoms with van der Waals surface area (Å²) < 4.78 is 97.5. The van der Waals surface area contributed by atoms with Crippen LogP contribution in [0.1, 0.15) is 109 Å². The van der Waals surface area contributed by atoms with Crippen molar-refractivity contribution in [3.63, 3.8) is 0 Å². The molecule has 0 unspecified atom stereocenters. The summed E-state index contributed by atoms with van der Waals surface area (Å²) in [5.74, 6) is -2.11. The minimum atomic E-state index is -4.51. The number of amides is 2. The third-order valence-corrected chi connectivity index (χ3v) is 18.3. The summed E-state index contributed by atoms with van der Waals surface area (Å²) in [7, 11) is -9.44. The Morgan fingerprint density at radius 2 is 1.46 bits per heavy atom. The zero-order valence-corrected chi connectivity index (χ0v) is 44.7. The first-order valence-electron chi connectivity index (χ1n) is 24.0. The highest BCUT2D eigenvalue weighted by atomic mass is 32.2. The molecule has 72 heavy (non-hydrogen) atoms. The van der Waals surface area contributed by atoms with Crippen LogP contribution in [0.5, 0.6) is 0 Å². The Morgan fingerprint density at radius 1 is 0.778 bits per heavy atom. The van der Waals surface area contributed by atoms with Crippen molar-refractivity contribution in [1.29, 1.82) is 0 Å². The summed E-state index contributed by atoms with van der Waals surface area (Å²) in [5.41, 5.74) is 5.72. The van der Waals surface area contributed by atoms with Crippen LogP contribution in [-0.2, 0) is 60.3 Å².